The fourth-order valence-corrected chi connectivity index (χ4v) is 2.37. The molecule has 0 aliphatic rings. The third-order valence-corrected chi connectivity index (χ3v) is 3.63. The minimum absolute atomic E-state index is 0.0155. The van der Waals surface area contributed by atoms with Gasteiger partial charge in [0.25, 0.3) is 0 Å². The van der Waals surface area contributed by atoms with Gasteiger partial charge in [0.15, 0.2) is 5.96 Å². The molecular weight excluding hydrogens is 314 g/mol. The van der Waals surface area contributed by atoms with Crippen LogP contribution in [0.25, 0.3) is 0 Å². The first kappa shape index (κ1) is 21.0. The predicted molar refractivity (Wildman–Crippen MR) is 106 cm³/mol. The summed E-state index contributed by atoms with van der Waals surface area (Å²) in [6.45, 7) is 7.04. The highest BCUT2D eigenvalue weighted by Gasteiger charge is 2.06. The number of hydrogen-bond donors (Lipinski definition) is 2. The van der Waals surface area contributed by atoms with Gasteiger partial charge in [0, 0.05) is 25.8 Å². The molecule has 0 aliphatic heterocycles. The number of carbonyl (C=O) groups is 1. The number of benzene rings is 1. The number of amides is 1. The first-order valence-electron chi connectivity index (χ1n) is 8.99. The van der Waals surface area contributed by atoms with Crippen molar-refractivity contribution in [3.63, 3.8) is 0 Å². The molecular formula is C19H33N5O. The zero-order valence-corrected chi connectivity index (χ0v) is 16.3. The molecule has 0 aliphatic carbocycles. The Kier molecular flexibility index (Phi) is 9.62. The largest absolute Gasteiger partial charge is 0.357 e. The average molecular weight is 348 g/mol. The van der Waals surface area contributed by atoms with Gasteiger partial charge in [-0.2, -0.15) is 0 Å². The van der Waals surface area contributed by atoms with E-state index in [0.717, 1.165) is 36.7 Å². The molecule has 6 nitrogen and oxygen atoms in total. The van der Waals surface area contributed by atoms with Gasteiger partial charge in [-0.25, -0.2) is 4.99 Å². The van der Waals surface area contributed by atoms with Crippen molar-refractivity contribution in [2.75, 3.05) is 46.1 Å². The van der Waals surface area contributed by atoms with Gasteiger partial charge < -0.3 is 20.4 Å². The average Bonchev–Trinajstić information content (AvgIpc) is 2.56. The summed E-state index contributed by atoms with van der Waals surface area (Å²) < 4.78 is 0. The molecule has 0 atom stereocenters. The molecule has 1 rings (SSSR count). The van der Waals surface area contributed by atoms with Gasteiger partial charge in [-0.1, -0.05) is 25.5 Å². The van der Waals surface area contributed by atoms with E-state index in [0.29, 0.717) is 13.1 Å². The molecule has 0 saturated heterocycles. The highest BCUT2D eigenvalue weighted by molar-refractivity contribution is 5.92. The lowest BCUT2D eigenvalue weighted by Gasteiger charge is -2.21. The van der Waals surface area contributed by atoms with Crippen molar-refractivity contribution < 1.29 is 4.79 Å². The van der Waals surface area contributed by atoms with Crippen LogP contribution in [0.3, 0.4) is 0 Å². The Hall–Kier alpha value is -2.08. The maximum atomic E-state index is 11.9. The lowest BCUT2D eigenvalue weighted by molar-refractivity contribution is -0.116. The van der Waals surface area contributed by atoms with Crippen molar-refractivity contribution in [3.05, 3.63) is 29.8 Å². The second kappa shape index (κ2) is 11.5. The van der Waals surface area contributed by atoms with Crippen LogP contribution in [0.4, 0.5) is 5.69 Å². The number of carbonyl (C=O) groups excluding carboxylic acids is 1. The number of rotatable bonds is 9. The molecule has 6 heteroatoms. The molecule has 0 aromatic heterocycles. The molecule has 2 N–H and O–H groups in total. The third kappa shape index (κ3) is 8.54. The summed E-state index contributed by atoms with van der Waals surface area (Å²) in [6, 6.07) is 7.86. The number of nitrogens with one attached hydrogen (secondary N) is 2. The van der Waals surface area contributed by atoms with E-state index in [1.807, 2.05) is 43.3 Å². The fraction of sp³-hybridized carbons (Fsp3) is 0.579. The van der Waals surface area contributed by atoms with Gasteiger partial charge in [0.1, 0.15) is 0 Å². The maximum Gasteiger partial charge on any atom is 0.238 e. The quantitative estimate of drug-likeness (QED) is 0.532. The summed E-state index contributed by atoms with van der Waals surface area (Å²) in [5.41, 5.74) is 1.88. The van der Waals surface area contributed by atoms with E-state index in [9.17, 15) is 4.79 Å². The lowest BCUT2D eigenvalue weighted by atomic mass is 10.2. The second-order valence-electron chi connectivity index (χ2n) is 6.43. The number of likely N-dealkylation sites (N-methyl/N-ethyl adjacent to an activating group) is 1. The Balaban J connectivity index is 2.73. The molecule has 0 fully saturated rings. The monoisotopic (exact) mass is 347 g/mol. The molecule has 140 valence electrons. The van der Waals surface area contributed by atoms with Gasteiger partial charge in [0.05, 0.1) is 13.1 Å². The lowest BCUT2D eigenvalue weighted by Crippen LogP contribution is -2.39. The molecule has 1 aromatic rings. The summed E-state index contributed by atoms with van der Waals surface area (Å²) in [6.07, 6.45) is 2.31. The maximum absolute atomic E-state index is 11.9. The fourth-order valence-electron chi connectivity index (χ4n) is 2.37. The summed E-state index contributed by atoms with van der Waals surface area (Å²) >= 11 is 0. The first-order valence-corrected chi connectivity index (χ1v) is 8.99. The highest BCUT2D eigenvalue weighted by atomic mass is 16.2. The Morgan fingerprint density at radius 2 is 1.96 bits per heavy atom. The number of unbranched alkanes of at least 4 members (excludes halogenated alkanes) is 1. The number of guanidine groups is 1. The Bertz CT molecular complexity index is 557. The van der Waals surface area contributed by atoms with Crippen LogP contribution in [0.5, 0.6) is 0 Å². The van der Waals surface area contributed by atoms with E-state index >= 15 is 0 Å². The Morgan fingerprint density at radius 3 is 2.60 bits per heavy atom. The smallest absolute Gasteiger partial charge is 0.238 e. The van der Waals surface area contributed by atoms with Crippen LogP contribution in [0, 0.1) is 0 Å². The standard InChI is InChI=1S/C19H33N5O/c1-6-8-12-24(5)19(20-7-2)21-14-16-10-9-11-17(13-16)22-18(25)15-23(3)4/h9-11,13H,6-8,12,14-15H2,1-5H3,(H,20,21)(H,22,25). The Morgan fingerprint density at radius 1 is 1.20 bits per heavy atom. The van der Waals surface area contributed by atoms with Crippen LogP contribution in [0.2, 0.25) is 0 Å². The number of anilines is 1. The van der Waals surface area contributed by atoms with E-state index in [1.54, 1.807) is 0 Å². The van der Waals surface area contributed by atoms with Gasteiger partial charge in [-0.3, -0.25) is 4.79 Å². The SMILES string of the molecule is CCCCN(C)C(=NCc1cccc(NC(=O)CN(C)C)c1)NCC. The first-order chi connectivity index (χ1) is 12.0. The summed E-state index contributed by atoms with van der Waals surface area (Å²) in [5, 5.41) is 6.25. The number of hydrogen-bond acceptors (Lipinski definition) is 3. The molecule has 0 saturated carbocycles. The van der Waals surface area contributed by atoms with Gasteiger partial charge in [0.2, 0.25) is 5.91 Å². The topological polar surface area (TPSA) is 60.0 Å². The van der Waals surface area contributed by atoms with Crippen LogP contribution in [0.1, 0.15) is 32.3 Å². The molecule has 1 amide bonds. The minimum Gasteiger partial charge on any atom is -0.357 e. The highest BCUT2D eigenvalue weighted by Crippen LogP contribution is 2.12. The minimum atomic E-state index is -0.0155. The van der Waals surface area contributed by atoms with Gasteiger partial charge >= 0.3 is 0 Å². The Labute approximate surface area is 152 Å². The molecule has 0 heterocycles. The predicted octanol–water partition coefficient (Wildman–Crippen LogP) is 2.38. The van der Waals surface area contributed by atoms with Crippen LogP contribution in [0.15, 0.2) is 29.3 Å². The van der Waals surface area contributed by atoms with Gasteiger partial charge in [-0.15, -0.1) is 0 Å². The molecule has 0 radical (unpaired) electrons. The molecule has 0 bridgehead atoms. The van der Waals surface area contributed by atoms with Crippen LogP contribution < -0.4 is 10.6 Å². The zero-order valence-electron chi connectivity index (χ0n) is 16.3. The molecule has 0 unspecified atom stereocenters. The van der Waals surface area contributed by atoms with Crippen molar-refractivity contribution >= 4 is 17.6 Å². The van der Waals surface area contributed by atoms with Crippen LogP contribution in [-0.4, -0.2) is 62.4 Å². The number of aliphatic imine (C=N–C) groups is 1. The van der Waals surface area contributed by atoms with Crippen molar-refractivity contribution in [1.29, 1.82) is 0 Å². The van der Waals surface area contributed by atoms with E-state index in [-0.39, 0.29) is 5.91 Å². The summed E-state index contributed by atoms with van der Waals surface area (Å²) in [5.74, 6) is 0.899. The van der Waals surface area contributed by atoms with Crippen molar-refractivity contribution in [3.8, 4) is 0 Å². The van der Waals surface area contributed by atoms with Crippen molar-refractivity contribution in [2.24, 2.45) is 4.99 Å². The normalized spacial score (nSPS) is 11.5. The van der Waals surface area contributed by atoms with Crippen molar-refractivity contribution in [1.82, 2.24) is 15.1 Å². The summed E-state index contributed by atoms with van der Waals surface area (Å²) in [4.78, 5) is 20.6. The molecule has 0 spiro atoms. The van der Waals surface area contributed by atoms with Crippen LogP contribution in [-0.2, 0) is 11.3 Å². The van der Waals surface area contributed by atoms with E-state index in [1.165, 1.54) is 6.42 Å². The zero-order chi connectivity index (χ0) is 18.7. The van der Waals surface area contributed by atoms with Crippen LogP contribution >= 0.6 is 0 Å². The molecule has 25 heavy (non-hydrogen) atoms. The number of nitrogens with zero attached hydrogens (tertiary/aromatic N) is 3. The van der Waals surface area contributed by atoms with E-state index < -0.39 is 0 Å². The van der Waals surface area contributed by atoms with E-state index in [4.69, 9.17) is 4.99 Å². The third-order valence-electron chi connectivity index (χ3n) is 3.63. The summed E-state index contributed by atoms with van der Waals surface area (Å²) in [7, 11) is 5.82. The second-order valence-corrected chi connectivity index (χ2v) is 6.43. The molecule has 1 aromatic carbocycles. The van der Waals surface area contributed by atoms with E-state index in [2.05, 4.69) is 36.4 Å². The van der Waals surface area contributed by atoms with Gasteiger partial charge in [-0.05, 0) is 45.1 Å². The van der Waals surface area contributed by atoms with Crippen molar-refractivity contribution in [2.45, 2.75) is 33.2 Å².